The Morgan fingerprint density at radius 3 is 2.71 bits per heavy atom. The molecule has 108 valence electrons. The van der Waals surface area contributed by atoms with Crippen LogP contribution in [0.2, 0.25) is 0 Å². The molecule has 0 amide bonds. The van der Waals surface area contributed by atoms with Gasteiger partial charge in [-0.05, 0) is 17.7 Å². The minimum atomic E-state index is 0.0385. The summed E-state index contributed by atoms with van der Waals surface area (Å²) in [4.78, 5) is 0. The number of methoxy groups -OCH3 is 1. The maximum atomic E-state index is 10.0. The SMILES string of the molecule is C=C(N/N=C/c1cc(Br)cc(OC)c1O)c1ccccc1. The summed E-state index contributed by atoms with van der Waals surface area (Å²) in [6.07, 6.45) is 1.51. The van der Waals surface area contributed by atoms with E-state index in [0.717, 1.165) is 10.0 Å². The Labute approximate surface area is 131 Å². The molecule has 2 N–H and O–H groups in total. The maximum Gasteiger partial charge on any atom is 0.166 e. The topological polar surface area (TPSA) is 53.9 Å². The lowest BCUT2D eigenvalue weighted by Crippen LogP contribution is -2.03. The van der Waals surface area contributed by atoms with Gasteiger partial charge in [-0.2, -0.15) is 5.10 Å². The normalized spacial score (nSPS) is 10.6. The van der Waals surface area contributed by atoms with Gasteiger partial charge in [-0.3, -0.25) is 5.43 Å². The van der Waals surface area contributed by atoms with Gasteiger partial charge in [0.2, 0.25) is 0 Å². The third-order valence-corrected chi connectivity index (χ3v) is 3.27. The van der Waals surface area contributed by atoms with Gasteiger partial charge in [-0.25, -0.2) is 0 Å². The molecule has 0 heterocycles. The van der Waals surface area contributed by atoms with Crippen LogP contribution in [-0.2, 0) is 0 Å². The highest BCUT2D eigenvalue weighted by Gasteiger charge is 2.08. The molecule has 2 aromatic carbocycles. The molecule has 0 aromatic heterocycles. The zero-order valence-electron chi connectivity index (χ0n) is 11.5. The third kappa shape index (κ3) is 3.86. The summed E-state index contributed by atoms with van der Waals surface area (Å²) in [6.45, 7) is 3.91. The monoisotopic (exact) mass is 346 g/mol. The number of hydrazone groups is 1. The van der Waals surface area contributed by atoms with Crippen LogP contribution in [0.3, 0.4) is 0 Å². The van der Waals surface area contributed by atoms with Crippen LogP contribution in [0.1, 0.15) is 11.1 Å². The smallest absolute Gasteiger partial charge is 0.166 e. The molecule has 0 aliphatic carbocycles. The molecule has 5 heteroatoms. The summed E-state index contributed by atoms with van der Waals surface area (Å²) in [5, 5.41) is 14.1. The molecule has 4 nitrogen and oxygen atoms in total. The van der Waals surface area contributed by atoms with Gasteiger partial charge in [0.15, 0.2) is 11.5 Å². The zero-order valence-corrected chi connectivity index (χ0v) is 13.1. The van der Waals surface area contributed by atoms with Crippen LogP contribution in [0.4, 0.5) is 0 Å². The number of hydrogen-bond donors (Lipinski definition) is 2. The molecule has 0 atom stereocenters. The predicted molar refractivity (Wildman–Crippen MR) is 88.6 cm³/mol. The van der Waals surface area contributed by atoms with E-state index in [1.54, 1.807) is 12.1 Å². The molecular weight excluding hydrogens is 332 g/mol. The minimum Gasteiger partial charge on any atom is -0.504 e. The Bertz CT molecular complexity index is 669. The molecule has 2 rings (SSSR count). The predicted octanol–water partition coefficient (Wildman–Crippen LogP) is 3.76. The number of nitrogens with one attached hydrogen (secondary N) is 1. The van der Waals surface area contributed by atoms with Crippen LogP contribution in [-0.4, -0.2) is 18.4 Å². The van der Waals surface area contributed by atoms with Gasteiger partial charge in [0.05, 0.1) is 19.0 Å². The van der Waals surface area contributed by atoms with Gasteiger partial charge < -0.3 is 9.84 Å². The summed E-state index contributed by atoms with van der Waals surface area (Å²) in [5.41, 5.74) is 5.00. The van der Waals surface area contributed by atoms with Crippen molar-refractivity contribution in [3.8, 4) is 11.5 Å². The van der Waals surface area contributed by atoms with Gasteiger partial charge in [-0.1, -0.05) is 52.8 Å². The van der Waals surface area contributed by atoms with Crippen molar-refractivity contribution in [1.29, 1.82) is 0 Å². The number of aromatic hydroxyl groups is 1. The van der Waals surface area contributed by atoms with Crippen molar-refractivity contribution in [2.24, 2.45) is 5.10 Å². The van der Waals surface area contributed by atoms with E-state index in [9.17, 15) is 5.11 Å². The summed E-state index contributed by atoms with van der Waals surface area (Å²) in [7, 11) is 1.50. The zero-order chi connectivity index (χ0) is 15.2. The van der Waals surface area contributed by atoms with E-state index in [-0.39, 0.29) is 5.75 Å². The lowest BCUT2D eigenvalue weighted by Gasteiger charge is -2.07. The van der Waals surface area contributed by atoms with Crippen molar-refractivity contribution in [3.63, 3.8) is 0 Å². The van der Waals surface area contributed by atoms with Crippen LogP contribution < -0.4 is 10.2 Å². The molecule has 0 unspecified atom stereocenters. The van der Waals surface area contributed by atoms with Gasteiger partial charge in [0, 0.05) is 10.0 Å². The van der Waals surface area contributed by atoms with Crippen LogP contribution in [0.25, 0.3) is 5.70 Å². The van der Waals surface area contributed by atoms with E-state index in [2.05, 4.69) is 33.0 Å². The van der Waals surface area contributed by atoms with Gasteiger partial charge in [0.1, 0.15) is 0 Å². The number of nitrogens with zero attached hydrogens (tertiary/aromatic N) is 1. The first-order valence-corrected chi connectivity index (χ1v) is 7.01. The van der Waals surface area contributed by atoms with Crippen molar-refractivity contribution < 1.29 is 9.84 Å². The first kappa shape index (κ1) is 15.1. The van der Waals surface area contributed by atoms with Crippen LogP contribution in [0, 0.1) is 0 Å². The number of hydrogen-bond acceptors (Lipinski definition) is 4. The molecule has 0 bridgehead atoms. The molecule has 0 fully saturated rings. The molecule has 0 radical (unpaired) electrons. The second-order valence-corrected chi connectivity index (χ2v) is 5.18. The number of ether oxygens (including phenoxy) is 1. The van der Waals surface area contributed by atoms with Gasteiger partial charge >= 0.3 is 0 Å². The highest BCUT2D eigenvalue weighted by Crippen LogP contribution is 2.32. The summed E-state index contributed by atoms with van der Waals surface area (Å²) in [6, 6.07) is 13.1. The lowest BCUT2D eigenvalue weighted by atomic mass is 10.2. The van der Waals surface area contributed by atoms with Crippen molar-refractivity contribution >= 4 is 27.8 Å². The molecule has 0 aliphatic heterocycles. The largest absolute Gasteiger partial charge is 0.504 e. The fraction of sp³-hybridized carbons (Fsp3) is 0.0625. The summed E-state index contributed by atoms with van der Waals surface area (Å²) >= 11 is 3.35. The molecule has 2 aromatic rings. The van der Waals surface area contributed by atoms with E-state index in [1.165, 1.54) is 13.3 Å². The van der Waals surface area contributed by atoms with Crippen LogP contribution in [0.15, 0.2) is 58.6 Å². The number of phenols is 1. The fourth-order valence-electron chi connectivity index (χ4n) is 1.73. The Hall–Kier alpha value is -2.27. The van der Waals surface area contributed by atoms with E-state index in [1.807, 2.05) is 30.3 Å². The summed E-state index contributed by atoms with van der Waals surface area (Å²) in [5.74, 6) is 0.421. The molecule has 0 saturated carbocycles. The standard InChI is InChI=1S/C16H15BrN2O2/c1-11(12-6-4-3-5-7-12)19-18-10-13-8-14(17)9-15(21-2)16(13)20/h3-10,19-20H,1H2,2H3/b18-10+. The maximum absolute atomic E-state index is 10.0. The number of halogens is 1. The van der Waals surface area contributed by atoms with Crippen molar-refractivity contribution in [2.45, 2.75) is 0 Å². The number of rotatable bonds is 5. The first-order valence-electron chi connectivity index (χ1n) is 6.21. The van der Waals surface area contributed by atoms with Crippen molar-refractivity contribution in [3.05, 3.63) is 64.6 Å². The molecular formula is C16H15BrN2O2. The Morgan fingerprint density at radius 2 is 2.05 bits per heavy atom. The molecule has 0 aliphatic rings. The quantitative estimate of drug-likeness (QED) is 0.640. The van der Waals surface area contributed by atoms with Gasteiger partial charge in [-0.15, -0.1) is 0 Å². The van der Waals surface area contributed by atoms with Gasteiger partial charge in [0.25, 0.3) is 0 Å². The number of phenolic OH excluding ortho intramolecular Hbond substituents is 1. The Morgan fingerprint density at radius 1 is 1.33 bits per heavy atom. The average Bonchev–Trinajstić information content (AvgIpc) is 2.51. The highest BCUT2D eigenvalue weighted by atomic mass is 79.9. The number of benzene rings is 2. The molecule has 21 heavy (non-hydrogen) atoms. The second-order valence-electron chi connectivity index (χ2n) is 4.26. The lowest BCUT2D eigenvalue weighted by molar-refractivity contribution is 0.373. The fourth-order valence-corrected chi connectivity index (χ4v) is 2.19. The van der Waals surface area contributed by atoms with Crippen LogP contribution in [0.5, 0.6) is 11.5 Å². The minimum absolute atomic E-state index is 0.0385. The third-order valence-electron chi connectivity index (χ3n) is 2.81. The van der Waals surface area contributed by atoms with Crippen molar-refractivity contribution in [2.75, 3.05) is 7.11 Å². The van der Waals surface area contributed by atoms with E-state index >= 15 is 0 Å². The first-order chi connectivity index (χ1) is 10.1. The van der Waals surface area contributed by atoms with E-state index < -0.39 is 0 Å². The van der Waals surface area contributed by atoms with Crippen molar-refractivity contribution in [1.82, 2.24) is 5.43 Å². The Kier molecular flexibility index (Phi) is 5.00. The second kappa shape index (κ2) is 6.95. The molecule has 0 spiro atoms. The van der Waals surface area contributed by atoms with E-state index in [0.29, 0.717) is 17.0 Å². The van der Waals surface area contributed by atoms with E-state index in [4.69, 9.17) is 4.74 Å². The van der Waals surface area contributed by atoms with Crippen LogP contribution >= 0.6 is 15.9 Å². The highest BCUT2D eigenvalue weighted by molar-refractivity contribution is 9.10. The molecule has 0 saturated heterocycles. The average molecular weight is 347 g/mol. The Balaban J connectivity index is 2.12. The summed E-state index contributed by atoms with van der Waals surface area (Å²) < 4.78 is 5.88.